The number of anilines is 1. The molecular weight excluding hydrogens is 252 g/mol. The van der Waals surface area contributed by atoms with Gasteiger partial charge in [-0.25, -0.2) is 9.50 Å². The Kier molecular flexibility index (Phi) is 3.38. The van der Waals surface area contributed by atoms with Crippen LogP contribution in [0.15, 0.2) is 18.5 Å². The topological polar surface area (TPSA) is 51.5 Å². The molecule has 0 spiro atoms. The van der Waals surface area contributed by atoms with Crippen LogP contribution in [-0.4, -0.2) is 33.9 Å². The fourth-order valence-corrected chi connectivity index (χ4v) is 2.44. The van der Waals surface area contributed by atoms with E-state index >= 15 is 0 Å². The third-order valence-electron chi connectivity index (χ3n) is 3.68. The Balaban J connectivity index is 1.84. The summed E-state index contributed by atoms with van der Waals surface area (Å²) < 4.78 is 7.53. The van der Waals surface area contributed by atoms with Crippen LogP contribution in [0, 0.1) is 0 Å². The summed E-state index contributed by atoms with van der Waals surface area (Å²) in [6.45, 7) is 8.19. The first-order valence-corrected chi connectivity index (χ1v) is 7.24. The van der Waals surface area contributed by atoms with E-state index in [1.165, 1.54) is 0 Å². The lowest BCUT2D eigenvalue weighted by molar-refractivity contribution is 0.120. The van der Waals surface area contributed by atoms with Gasteiger partial charge in [-0.2, -0.15) is 5.10 Å². The van der Waals surface area contributed by atoms with Crippen molar-refractivity contribution in [3.63, 3.8) is 0 Å². The molecule has 5 nitrogen and oxygen atoms in total. The summed E-state index contributed by atoms with van der Waals surface area (Å²) in [4.78, 5) is 4.44. The number of nitrogens with zero attached hydrogens (tertiary/aromatic N) is 3. The molecule has 20 heavy (non-hydrogen) atoms. The van der Waals surface area contributed by atoms with Gasteiger partial charge in [0.2, 0.25) is 0 Å². The van der Waals surface area contributed by atoms with Crippen molar-refractivity contribution in [1.82, 2.24) is 14.6 Å². The third-order valence-corrected chi connectivity index (χ3v) is 3.68. The van der Waals surface area contributed by atoms with Crippen LogP contribution in [0.2, 0.25) is 0 Å². The summed E-state index contributed by atoms with van der Waals surface area (Å²) in [5.74, 6) is 0.881. The highest BCUT2D eigenvalue weighted by Gasteiger charge is 2.20. The second kappa shape index (κ2) is 5.05. The molecule has 0 saturated carbocycles. The molecule has 0 aromatic carbocycles. The average Bonchev–Trinajstić information content (AvgIpc) is 3.04. The van der Waals surface area contributed by atoms with E-state index in [1.54, 1.807) is 6.20 Å². The van der Waals surface area contributed by atoms with E-state index < -0.39 is 0 Å². The lowest BCUT2D eigenvalue weighted by Crippen LogP contribution is -2.19. The van der Waals surface area contributed by atoms with Gasteiger partial charge in [0.1, 0.15) is 5.52 Å². The molecule has 3 heterocycles. The van der Waals surface area contributed by atoms with Gasteiger partial charge >= 0.3 is 0 Å². The fourth-order valence-electron chi connectivity index (χ4n) is 2.44. The molecule has 1 unspecified atom stereocenters. The Morgan fingerprint density at radius 2 is 2.30 bits per heavy atom. The van der Waals surface area contributed by atoms with Crippen LogP contribution in [0.25, 0.3) is 5.52 Å². The monoisotopic (exact) mass is 274 g/mol. The smallest absolute Gasteiger partial charge is 0.152 e. The maximum atomic E-state index is 5.63. The average molecular weight is 274 g/mol. The number of ether oxygens (including phenoxy) is 1. The van der Waals surface area contributed by atoms with Crippen LogP contribution in [0.4, 0.5) is 5.82 Å². The van der Waals surface area contributed by atoms with Crippen LogP contribution in [0.5, 0.6) is 0 Å². The molecule has 1 atom stereocenters. The molecule has 1 aliphatic heterocycles. The van der Waals surface area contributed by atoms with E-state index in [0.717, 1.165) is 43.0 Å². The van der Waals surface area contributed by atoms with E-state index in [2.05, 4.69) is 42.2 Å². The largest absolute Gasteiger partial charge is 0.376 e. The maximum Gasteiger partial charge on any atom is 0.152 e. The van der Waals surface area contributed by atoms with Crippen LogP contribution >= 0.6 is 0 Å². The Bertz CT molecular complexity index is 593. The molecule has 1 fully saturated rings. The van der Waals surface area contributed by atoms with Crippen molar-refractivity contribution in [3.8, 4) is 0 Å². The summed E-state index contributed by atoms with van der Waals surface area (Å²) in [5, 5.41) is 8.03. The van der Waals surface area contributed by atoms with E-state index in [9.17, 15) is 0 Å². The van der Waals surface area contributed by atoms with Gasteiger partial charge in [-0.1, -0.05) is 20.8 Å². The first kappa shape index (κ1) is 13.4. The van der Waals surface area contributed by atoms with Crippen molar-refractivity contribution in [1.29, 1.82) is 0 Å². The zero-order valence-electron chi connectivity index (χ0n) is 12.4. The van der Waals surface area contributed by atoms with Gasteiger partial charge in [0.05, 0.1) is 11.8 Å². The predicted molar refractivity (Wildman–Crippen MR) is 79.2 cm³/mol. The lowest BCUT2D eigenvalue weighted by Gasteiger charge is -2.13. The highest BCUT2D eigenvalue weighted by atomic mass is 16.5. The molecule has 2 aromatic heterocycles. The van der Waals surface area contributed by atoms with Crippen molar-refractivity contribution in [3.05, 3.63) is 24.2 Å². The van der Waals surface area contributed by atoms with Gasteiger partial charge in [0.25, 0.3) is 0 Å². The Hall–Kier alpha value is -1.62. The normalized spacial score (nSPS) is 19.6. The Morgan fingerprint density at radius 3 is 3.00 bits per heavy atom. The molecule has 0 radical (unpaired) electrons. The van der Waals surface area contributed by atoms with Crippen molar-refractivity contribution in [2.75, 3.05) is 18.5 Å². The molecule has 108 valence electrons. The summed E-state index contributed by atoms with van der Waals surface area (Å²) in [6, 6.07) is 2.12. The van der Waals surface area contributed by atoms with E-state index in [0.29, 0.717) is 6.10 Å². The molecule has 2 aromatic rings. The molecule has 0 bridgehead atoms. The second-order valence-electron chi connectivity index (χ2n) is 6.40. The minimum atomic E-state index is 0.0395. The van der Waals surface area contributed by atoms with Crippen LogP contribution < -0.4 is 5.32 Å². The van der Waals surface area contributed by atoms with Crippen molar-refractivity contribution >= 4 is 11.3 Å². The number of hydrogen-bond donors (Lipinski definition) is 1. The highest BCUT2D eigenvalue weighted by molar-refractivity contribution is 5.68. The summed E-state index contributed by atoms with van der Waals surface area (Å²) in [7, 11) is 0. The van der Waals surface area contributed by atoms with Crippen molar-refractivity contribution < 1.29 is 4.74 Å². The maximum absolute atomic E-state index is 5.63. The van der Waals surface area contributed by atoms with Gasteiger partial charge in [0, 0.05) is 31.0 Å². The van der Waals surface area contributed by atoms with E-state index in [4.69, 9.17) is 4.74 Å². The Morgan fingerprint density at radius 1 is 1.45 bits per heavy atom. The van der Waals surface area contributed by atoms with Crippen molar-refractivity contribution in [2.45, 2.75) is 45.1 Å². The van der Waals surface area contributed by atoms with Gasteiger partial charge in [0.15, 0.2) is 5.82 Å². The number of hydrogen-bond acceptors (Lipinski definition) is 4. The minimum Gasteiger partial charge on any atom is -0.376 e. The summed E-state index contributed by atoms with van der Waals surface area (Å²) in [6.07, 6.45) is 6.27. The molecular formula is C15H22N4O. The summed E-state index contributed by atoms with van der Waals surface area (Å²) in [5.41, 5.74) is 2.14. The molecule has 1 N–H and O–H groups in total. The van der Waals surface area contributed by atoms with E-state index in [1.807, 2.05) is 10.7 Å². The minimum absolute atomic E-state index is 0.0395. The number of rotatable bonds is 3. The molecule has 0 amide bonds. The summed E-state index contributed by atoms with van der Waals surface area (Å²) >= 11 is 0. The first-order valence-electron chi connectivity index (χ1n) is 7.24. The van der Waals surface area contributed by atoms with Crippen LogP contribution in [0.1, 0.15) is 39.3 Å². The molecule has 0 aliphatic carbocycles. The zero-order valence-corrected chi connectivity index (χ0v) is 12.4. The molecule has 3 rings (SSSR count). The van der Waals surface area contributed by atoms with Gasteiger partial charge in [-0.05, 0) is 18.9 Å². The second-order valence-corrected chi connectivity index (χ2v) is 6.40. The number of aromatic nitrogens is 3. The SMILES string of the molecule is CC(C)(C)c1cc2c(NCC3CCCO3)nccn2n1. The predicted octanol–water partition coefficient (Wildman–Crippen LogP) is 2.62. The van der Waals surface area contributed by atoms with Crippen LogP contribution in [-0.2, 0) is 10.2 Å². The van der Waals surface area contributed by atoms with Crippen LogP contribution in [0.3, 0.4) is 0 Å². The number of fused-ring (bicyclic) bond motifs is 1. The lowest BCUT2D eigenvalue weighted by atomic mass is 9.92. The molecule has 1 saturated heterocycles. The fraction of sp³-hybridized carbons (Fsp3) is 0.600. The van der Waals surface area contributed by atoms with Gasteiger partial charge in [-0.3, -0.25) is 0 Å². The third kappa shape index (κ3) is 2.63. The Labute approximate surface area is 119 Å². The zero-order chi connectivity index (χ0) is 14.2. The first-order chi connectivity index (χ1) is 9.54. The van der Waals surface area contributed by atoms with Gasteiger partial charge < -0.3 is 10.1 Å². The van der Waals surface area contributed by atoms with Gasteiger partial charge in [-0.15, -0.1) is 0 Å². The number of nitrogens with one attached hydrogen (secondary N) is 1. The van der Waals surface area contributed by atoms with Crippen molar-refractivity contribution in [2.24, 2.45) is 0 Å². The highest BCUT2D eigenvalue weighted by Crippen LogP contribution is 2.24. The molecule has 5 heteroatoms. The standard InChI is InChI=1S/C15H22N4O/c1-15(2,3)13-9-12-14(16-6-7-19(12)18-13)17-10-11-5-4-8-20-11/h6-7,9,11H,4-5,8,10H2,1-3H3,(H,16,17). The molecule has 1 aliphatic rings. The van der Waals surface area contributed by atoms with E-state index in [-0.39, 0.29) is 5.41 Å². The quantitative estimate of drug-likeness (QED) is 0.934.